The van der Waals surface area contributed by atoms with Crippen LogP contribution >= 0.6 is 34.5 Å². The van der Waals surface area contributed by atoms with Gasteiger partial charge in [0.2, 0.25) is 0 Å². The maximum Gasteiger partial charge on any atom is 0.341 e. The maximum absolute atomic E-state index is 12.5. The van der Waals surface area contributed by atoms with E-state index in [9.17, 15) is 9.59 Å². The van der Waals surface area contributed by atoms with E-state index in [1.165, 1.54) is 17.6 Å². The molecule has 1 heterocycles. The lowest BCUT2D eigenvalue weighted by Gasteiger charge is -2.18. The fourth-order valence-corrected chi connectivity index (χ4v) is 5.01. The molecule has 0 aliphatic heterocycles. The number of esters is 1. The summed E-state index contributed by atoms with van der Waals surface area (Å²) in [5.74, 6) is 0.137. The second kappa shape index (κ2) is 9.61. The van der Waals surface area contributed by atoms with Crippen molar-refractivity contribution in [1.82, 2.24) is 5.43 Å². The highest BCUT2D eigenvalue weighted by Crippen LogP contribution is 2.40. The third-order valence-electron chi connectivity index (χ3n) is 4.55. The normalized spacial score (nSPS) is 15.8. The number of hydrogen-bond donors (Lipinski definition) is 2. The van der Waals surface area contributed by atoms with E-state index in [2.05, 4.69) is 22.8 Å². The monoisotopic (exact) mass is 453 g/mol. The Morgan fingerprint density at radius 2 is 2.17 bits per heavy atom. The molecular weight excluding hydrogens is 433 g/mol. The summed E-state index contributed by atoms with van der Waals surface area (Å²) in [5, 5.41) is 8.06. The Kier molecular flexibility index (Phi) is 7.16. The van der Waals surface area contributed by atoms with Crippen LogP contribution in [0, 0.1) is 5.92 Å². The summed E-state index contributed by atoms with van der Waals surface area (Å²) in [6.45, 7) is 4.22. The number of halogens is 2. The first-order chi connectivity index (χ1) is 13.9. The summed E-state index contributed by atoms with van der Waals surface area (Å²) >= 11 is 13.4. The molecule has 2 N–H and O–H groups in total. The predicted molar refractivity (Wildman–Crippen MR) is 118 cm³/mol. The maximum atomic E-state index is 12.5. The quantitative estimate of drug-likeness (QED) is 0.355. The minimum Gasteiger partial charge on any atom is -0.462 e. The number of nitrogens with one attached hydrogen (secondary N) is 2. The molecule has 0 bridgehead atoms. The minimum absolute atomic E-state index is 0.275. The molecule has 154 valence electrons. The number of benzene rings is 1. The van der Waals surface area contributed by atoms with E-state index in [1.807, 2.05) is 0 Å². The molecule has 1 aliphatic carbocycles. The van der Waals surface area contributed by atoms with E-state index < -0.39 is 12.0 Å². The number of carbonyl (C=O) groups excluding carboxylic acids is 2. The molecule has 1 aromatic carbocycles. The highest BCUT2D eigenvalue weighted by molar-refractivity contribution is 7.17. The van der Waals surface area contributed by atoms with Gasteiger partial charge in [0.1, 0.15) is 5.00 Å². The van der Waals surface area contributed by atoms with E-state index in [0.717, 1.165) is 29.7 Å². The summed E-state index contributed by atoms with van der Waals surface area (Å²) in [6, 6.07) is 4.41. The third kappa shape index (κ3) is 5.29. The minimum atomic E-state index is -0.552. The zero-order valence-corrected chi connectivity index (χ0v) is 18.4. The van der Waals surface area contributed by atoms with Crippen molar-refractivity contribution < 1.29 is 14.3 Å². The number of ether oxygens (including phenoxy) is 1. The van der Waals surface area contributed by atoms with Crippen LogP contribution in [0.5, 0.6) is 0 Å². The zero-order chi connectivity index (χ0) is 21.0. The van der Waals surface area contributed by atoms with E-state index in [1.54, 1.807) is 25.1 Å². The van der Waals surface area contributed by atoms with Gasteiger partial charge in [-0.2, -0.15) is 5.10 Å². The topological polar surface area (TPSA) is 79.8 Å². The first-order valence-electron chi connectivity index (χ1n) is 9.25. The SMILES string of the molecule is CCOC(=O)c1c(NC(=O)N/N=C/c2ccc(Cl)cc2Cl)sc2c1CC[C@H](C)C2. The van der Waals surface area contributed by atoms with Crippen molar-refractivity contribution in [2.24, 2.45) is 11.0 Å². The van der Waals surface area contributed by atoms with Crippen molar-refractivity contribution in [3.05, 3.63) is 49.8 Å². The average Bonchev–Trinajstić information content (AvgIpc) is 3.00. The Hall–Kier alpha value is -2.09. The first kappa shape index (κ1) is 21.6. The van der Waals surface area contributed by atoms with E-state index in [-0.39, 0.29) is 6.61 Å². The number of rotatable bonds is 5. The van der Waals surface area contributed by atoms with Crippen molar-refractivity contribution in [3.8, 4) is 0 Å². The van der Waals surface area contributed by atoms with Gasteiger partial charge in [-0.15, -0.1) is 11.3 Å². The number of nitrogens with zero attached hydrogens (tertiary/aromatic N) is 1. The zero-order valence-electron chi connectivity index (χ0n) is 16.1. The average molecular weight is 454 g/mol. The van der Waals surface area contributed by atoms with Gasteiger partial charge in [-0.3, -0.25) is 5.32 Å². The Balaban J connectivity index is 1.74. The number of urea groups is 1. The lowest BCUT2D eigenvalue weighted by molar-refractivity contribution is 0.0526. The van der Waals surface area contributed by atoms with Crippen molar-refractivity contribution in [2.75, 3.05) is 11.9 Å². The van der Waals surface area contributed by atoms with Crippen LogP contribution in [-0.4, -0.2) is 24.8 Å². The van der Waals surface area contributed by atoms with Crippen LogP contribution in [-0.2, 0) is 17.6 Å². The molecule has 2 aromatic rings. The number of amides is 2. The molecule has 3 rings (SSSR count). The predicted octanol–water partition coefficient (Wildman–Crippen LogP) is 5.51. The Bertz CT molecular complexity index is 959. The molecule has 0 saturated carbocycles. The number of hydrazone groups is 1. The molecule has 0 fully saturated rings. The van der Waals surface area contributed by atoms with Crippen LogP contribution in [0.2, 0.25) is 10.0 Å². The first-order valence-corrected chi connectivity index (χ1v) is 10.8. The van der Waals surface area contributed by atoms with Crippen LogP contribution in [0.25, 0.3) is 0 Å². The van der Waals surface area contributed by atoms with Gasteiger partial charge < -0.3 is 4.74 Å². The lowest BCUT2D eigenvalue weighted by atomic mass is 9.88. The Labute approximate surface area is 183 Å². The van der Waals surface area contributed by atoms with Crippen LogP contribution in [0.4, 0.5) is 9.80 Å². The van der Waals surface area contributed by atoms with E-state index in [4.69, 9.17) is 27.9 Å². The van der Waals surface area contributed by atoms with Gasteiger partial charge in [0.25, 0.3) is 0 Å². The van der Waals surface area contributed by atoms with Gasteiger partial charge in [0.15, 0.2) is 0 Å². The number of fused-ring (bicyclic) bond motifs is 1. The molecule has 1 aliphatic rings. The Morgan fingerprint density at radius 1 is 1.38 bits per heavy atom. The summed E-state index contributed by atoms with van der Waals surface area (Å²) in [7, 11) is 0. The van der Waals surface area contributed by atoms with Crippen molar-refractivity contribution in [2.45, 2.75) is 33.1 Å². The van der Waals surface area contributed by atoms with E-state index >= 15 is 0 Å². The van der Waals surface area contributed by atoms with Gasteiger partial charge >= 0.3 is 12.0 Å². The standard InChI is InChI=1S/C20H21Cl2N3O3S/c1-3-28-19(26)17-14-7-4-11(2)8-16(14)29-18(17)24-20(27)25-23-10-12-5-6-13(21)9-15(12)22/h5-6,9-11H,3-4,7-8H2,1-2H3,(H2,24,25,27)/b23-10+/t11-/m0/s1. The van der Waals surface area contributed by atoms with Gasteiger partial charge in [0.05, 0.1) is 23.4 Å². The summed E-state index contributed by atoms with van der Waals surface area (Å²) in [5.41, 5.74) is 4.45. The van der Waals surface area contributed by atoms with Crippen LogP contribution in [0.1, 0.15) is 46.6 Å². The van der Waals surface area contributed by atoms with Crippen LogP contribution in [0.15, 0.2) is 23.3 Å². The number of carbonyl (C=O) groups is 2. The fourth-order valence-electron chi connectivity index (χ4n) is 3.16. The number of anilines is 1. The second-order valence-corrected chi connectivity index (χ2v) is 8.72. The Morgan fingerprint density at radius 3 is 2.90 bits per heavy atom. The smallest absolute Gasteiger partial charge is 0.341 e. The van der Waals surface area contributed by atoms with Crippen molar-refractivity contribution in [1.29, 1.82) is 0 Å². The molecule has 2 amide bonds. The number of hydrogen-bond acceptors (Lipinski definition) is 5. The molecule has 0 radical (unpaired) electrons. The summed E-state index contributed by atoms with van der Waals surface area (Å²) in [4.78, 5) is 25.9. The van der Waals surface area contributed by atoms with Crippen molar-refractivity contribution >= 4 is 57.8 Å². The molecule has 29 heavy (non-hydrogen) atoms. The molecule has 1 atom stereocenters. The largest absolute Gasteiger partial charge is 0.462 e. The molecule has 0 unspecified atom stereocenters. The third-order valence-corrected chi connectivity index (χ3v) is 6.28. The summed E-state index contributed by atoms with van der Waals surface area (Å²) < 4.78 is 5.20. The molecule has 0 saturated heterocycles. The fraction of sp³-hybridized carbons (Fsp3) is 0.350. The highest BCUT2D eigenvalue weighted by atomic mass is 35.5. The van der Waals surface area contributed by atoms with Gasteiger partial charge in [0, 0.05) is 15.5 Å². The van der Waals surface area contributed by atoms with Crippen LogP contribution in [0.3, 0.4) is 0 Å². The van der Waals surface area contributed by atoms with Crippen molar-refractivity contribution in [3.63, 3.8) is 0 Å². The second-order valence-electron chi connectivity index (χ2n) is 6.77. The molecule has 9 heteroatoms. The number of thiophene rings is 1. The van der Waals surface area contributed by atoms with E-state index in [0.29, 0.717) is 32.1 Å². The van der Waals surface area contributed by atoms with Gasteiger partial charge in [-0.05, 0) is 49.8 Å². The molecular formula is C20H21Cl2N3O3S. The lowest BCUT2D eigenvalue weighted by Crippen LogP contribution is -2.25. The summed E-state index contributed by atoms with van der Waals surface area (Å²) in [6.07, 6.45) is 4.13. The highest BCUT2D eigenvalue weighted by Gasteiger charge is 2.29. The molecule has 6 nitrogen and oxygen atoms in total. The molecule has 0 spiro atoms. The van der Waals surface area contributed by atoms with Gasteiger partial charge in [-0.25, -0.2) is 15.0 Å². The molecule has 1 aromatic heterocycles. The van der Waals surface area contributed by atoms with Crippen LogP contribution < -0.4 is 10.7 Å². The van der Waals surface area contributed by atoms with Gasteiger partial charge in [-0.1, -0.05) is 36.2 Å².